The molecule has 3 aromatic heterocycles. The molecule has 8 nitrogen and oxygen atoms in total. The molecule has 0 saturated heterocycles. The van der Waals surface area contributed by atoms with Gasteiger partial charge in [0.05, 0.1) is 27.6 Å². The highest BCUT2D eigenvalue weighted by atomic mass is 35.5. The Morgan fingerprint density at radius 1 is 1.13 bits per heavy atom. The van der Waals surface area contributed by atoms with Crippen molar-refractivity contribution in [2.24, 2.45) is 0 Å². The Labute approximate surface area is 228 Å². The highest BCUT2D eigenvalue weighted by Crippen LogP contribution is 2.46. The van der Waals surface area contributed by atoms with E-state index < -0.39 is 17.4 Å². The van der Waals surface area contributed by atoms with Gasteiger partial charge in [-0.2, -0.15) is 0 Å². The van der Waals surface area contributed by atoms with Crippen LogP contribution in [0.4, 0.5) is 0 Å². The summed E-state index contributed by atoms with van der Waals surface area (Å²) in [6.07, 6.45) is 0.876. The summed E-state index contributed by atoms with van der Waals surface area (Å²) in [5.41, 5.74) is 1.30. The number of thiazole rings is 1. The monoisotopic (exact) mass is 551 g/mol. The molecule has 0 spiro atoms. The topological polar surface area (TPSA) is 101 Å². The van der Waals surface area contributed by atoms with Gasteiger partial charge < -0.3 is 24.3 Å². The van der Waals surface area contributed by atoms with Crippen molar-refractivity contribution < 1.29 is 24.2 Å². The van der Waals surface area contributed by atoms with Gasteiger partial charge in [0.15, 0.2) is 16.6 Å². The SMILES string of the molecule is Cc1ccc(C(=O)c2c(O)c(O)n(-c3nc4c(Cl)cccc4s3)c2-c2ccc(OCCCN(C)C)cc2)o1. The molecule has 0 aliphatic heterocycles. The summed E-state index contributed by atoms with van der Waals surface area (Å²) in [7, 11) is 4.02. The lowest BCUT2D eigenvalue weighted by atomic mass is 10.0. The highest BCUT2D eigenvalue weighted by molar-refractivity contribution is 7.21. The standard InChI is InChI=1S/C28H26ClN3O5S/c1-16-8-13-20(37-16)25(33)22-24(17-9-11-18(12-10-17)36-15-5-14-31(2)3)32(27(35)26(22)34)28-30-23-19(29)6-4-7-21(23)38-28/h4,6-13,34-35H,5,14-15H2,1-3H3. The van der Waals surface area contributed by atoms with E-state index >= 15 is 0 Å². The van der Waals surface area contributed by atoms with E-state index in [0.29, 0.717) is 39.4 Å². The zero-order valence-electron chi connectivity index (χ0n) is 21.1. The van der Waals surface area contributed by atoms with Crippen molar-refractivity contribution >= 4 is 38.9 Å². The van der Waals surface area contributed by atoms with Crippen molar-refractivity contribution in [2.75, 3.05) is 27.2 Å². The number of carbonyl (C=O) groups is 1. The summed E-state index contributed by atoms with van der Waals surface area (Å²) in [4.78, 5) is 20.3. The van der Waals surface area contributed by atoms with Crippen LogP contribution in [-0.4, -0.2) is 57.7 Å². The van der Waals surface area contributed by atoms with E-state index in [1.54, 1.807) is 43.3 Å². The number of ether oxygens (including phenoxy) is 1. The number of ketones is 1. The molecule has 0 unspecified atom stereocenters. The summed E-state index contributed by atoms with van der Waals surface area (Å²) in [6, 6.07) is 15.7. The number of furan rings is 1. The van der Waals surface area contributed by atoms with Crippen LogP contribution in [0.5, 0.6) is 17.4 Å². The van der Waals surface area contributed by atoms with Crippen LogP contribution in [0.3, 0.4) is 0 Å². The van der Waals surface area contributed by atoms with Gasteiger partial charge in [-0.15, -0.1) is 0 Å². The molecule has 0 amide bonds. The summed E-state index contributed by atoms with van der Waals surface area (Å²) in [6.45, 7) is 3.19. The summed E-state index contributed by atoms with van der Waals surface area (Å²) >= 11 is 7.62. The van der Waals surface area contributed by atoms with Crippen LogP contribution in [0.2, 0.25) is 5.02 Å². The molecule has 0 fully saturated rings. The Kier molecular flexibility index (Phi) is 7.16. The molecule has 2 N–H and O–H groups in total. The highest BCUT2D eigenvalue weighted by Gasteiger charge is 2.32. The van der Waals surface area contributed by atoms with Gasteiger partial charge in [-0.25, -0.2) is 4.98 Å². The lowest BCUT2D eigenvalue weighted by Gasteiger charge is -2.12. The van der Waals surface area contributed by atoms with E-state index in [4.69, 9.17) is 20.8 Å². The minimum Gasteiger partial charge on any atom is -0.503 e. The third kappa shape index (κ3) is 4.88. The number of aromatic nitrogens is 2. The molecule has 0 aliphatic carbocycles. The van der Waals surface area contributed by atoms with Gasteiger partial charge in [0.1, 0.15) is 17.0 Å². The molecular weight excluding hydrogens is 526 g/mol. The number of hydrogen-bond acceptors (Lipinski definition) is 8. The lowest BCUT2D eigenvalue weighted by Crippen LogP contribution is -2.15. The van der Waals surface area contributed by atoms with E-state index in [1.807, 2.05) is 26.2 Å². The maximum atomic E-state index is 13.5. The van der Waals surface area contributed by atoms with Crippen molar-refractivity contribution in [1.82, 2.24) is 14.5 Å². The first-order valence-electron chi connectivity index (χ1n) is 12.0. The molecule has 5 rings (SSSR count). The maximum Gasteiger partial charge on any atom is 0.242 e. The summed E-state index contributed by atoms with van der Waals surface area (Å²) < 4.78 is 13.6. The van der Waals surface area contributed by atoms with E-state index in [1.165, 1.54) is 22.0 Å². The lowest BCUT2D eigenvalue weighted by molar-refractivity contribution is 0.101. The minimum absolute atomic E-state index is 0.0457. The van der Waals surface area contributed by atoms with E-state index in [-0.39, 0.29) is 17.0 Å². The number of halogens is 1. The molecule has 0 aliphatic rings. The average molecular weight is 552 g/mol. The largest absolute Gasteiger partial charge is 0.503 e. The van der Waals surface area contributed by atoms with E-state index in [9.17, 15) is 15.0 Å². The van der Waals surface area contributed by atoms with Crippen LogP contribution in [0.1, 0.15) is 28.3 Å². The average Bonchev–Trinajstić information content (AvgIpc) is 3.59. The number of aromatic hydroxyl groups is 2. The first kappa shape index (κ1) is 25.8. The minimum atomic E-state index is -0.567. The molecule has 3 heterocycles. The number of nitrogens with zero attached hydrogens (tertiary/aromatic N) is 3. The number of benzene rings is 2. The van der Waals surface area contributed by atoms with E-state index in [0.717, 1.165) is 17.7 Å². The van der Waals surface area contributed by atoms with Crippen LogP contribution in [0.25, 0.3) is 26.6 Å². The van der Waals surface area contributed by atoms with Crippen LogP contribution >= 0.6 is 22.9 Å². The normalized spacial score (nSPS) is 11.5. The van der Waals surface area contributed by atoms with E-state index in [2.05, 4.69) is 9.88 Å². The second kappa shape index (κ2) is 10.5. The fourth-order valence-electron chi connectivity index (χ4n) is 4.18. The Bertz CT molecular complexity index is 1620. The summed E-state index contributed by atoms with van der Waals surface area (Å²) in [5.74, 6) is -0.374. The molecular formula is C28H26ClN3O5S. The van der Waals surface area contributed by atoms with Crippen molar-refractivity contribution in [3.63, 3.8) is 0 Å². The molecule has 0 bridgehead atoms. The molecule has 38 heavy (non-hydrogen) atoms. The van der Waals surface area contributed by atoms with Gasteiger partial charge in [-0.1, -0.05) is 29.0 Å². The van der Waals surface area contributed by atoms with Crippen molar-refractivity contribution in [3.8, 4) is 33.8 Å². The van der Waals surface area contributed by atoms with Crippen molar-refractivity contribution in [3.05, 3.63) is 76.7 Å². The molecule has 5 aromatic rings. The summed E-state index contributed by atoms with van der Waals surface area (Å²) in [5, 5.41) is 22.9. The molecule has 0 radical (unpaired) electrons. The van der Waals surface area contributed by atoms with Crippen LogP contribution in [-0.2, 0) is 0 Å². The predicted molar refractivity (Wildman–Crippen MR) is 148 cm³/mol. The first-order valence-corrected chi connectivity index (χ1v) is 13.1. The third-order valence-corrected chi connectivity index (χ3v) is 7.32. The number of fused-ring (bicyclic) bond motifs is 1. The molecule has 0 saturated carbocycles. The van der Waals surface area contributed by atoms with Gasteiger partial charge in [0.2, 0.25) is 11.7 Å². The van der Waals surface area contributed by atoms with Crippen LogP contribution < -0.4 is 4.74 Å². The van der Waals surface area contributed by atoms with Gasteiger partial charge in [0.25, 0.3) is 0 Å². The zero-order chi connectivity index (χ0) is 27.0. The predicted octanol–water partition coefficient (Wildman–Crippen LogP) is 6.28. The van der Waals surface area contributed by atoms with Crippen molar-refractivity contribution in [1.29, 1.82) is 0 Å². The zero-order valence-corrected chi connectivity index (χ0v) is 22.6. The van der Waals surface area contributed by atoms with Gasteiger partial charge in [0, 0.05) is 6.54 Å². The van der Waals surface area contributed by atoms with Gasteiger partial charge in [-0.3, -0.25) is 9.36 Å². The number of para-hydroxylation sites is 1. The Morgan fingerprint density at radius 3 is 2.55 bits per heavy atom. The first-order chi connectivity index (χ1) is 18.2. The van der Waals surface area contributed by atoms with Crippen LogP contribution in [0, 0.1) is 6.92 Å². The Balaban J connectivity index is 1.62. The maximum absolute atomic E-state index is 13.5. The Hall–Kier alpha value is -3.79. The number of rotatable bonds is 9. The second-order valence-electron chi connectivity index (χ2n) is 9.08. The fraction of sp³-hybridized carbons (Fsp3) is 0.214. The number of carbonyl (C=O) groups excluding carboxylic acids is 1. The van der Waals surface area contributed by atoms with Gasteiger partial charge in [-0.05, 0) is 81.5 Å². The second-order valence-corrected chi connectivity index (χ2v) is 10.5. The molecule has 196 valence electrons. The smallest absolute Gasteiger partial charge is 0.242 e. The van der Waals surface area contributed by atoms with Crippen LogP contribution in [0.15, 0.2) is 59.0 Å². The number of aryl methyl sites for hydroxylation is 1. The quantitative estimate of drug-likeness (QED) is 0.164. The van der Waals surface area contributed by atoms with Crippen molar-refractivity contribution in [2.45, 2.75) is 13.3 Å². The molecule has 10 heteroatoms. The number of hydrogen-bond donors (Lipinski definition) is 2. The third-order valence-electron chi connectivity index (χ3n) is 6.01. The van der Waals surface area contributed by atoms with Gasteiger partial charge >= 0.3 is 0 Å². The molecule has 0 atom stereocenters. The molecule has 2 aromatic carbocycles. The Morgan fingerprint density at radius 2 is 1.89 bits per heavy atom. The fourth-order valence-corrected chi connectivity index (χ4v) is 5.46.